The van der Waals surface area contributed by atoms with Crippen LogP contribution in [0.2, 0.25) is 0 Å². The lowest BCUT2D eigenvalue weighted by molar-refractivity contribution is -0.392. The van der Waals surface area contributed by atoms with Gasteiger partial charge in [-0.1, -0.05) is 30.3 Å². The molecule has 0 fully saturated rings. The van der Waals surface area contributed by atoms with Gasteiger partial charge in [0.15, 0.2) is 9.84 Å². The van der Waals surface area contributed by atoms with Gasteiger partial charge in [-0.25, -0.2) is 26.3 Å². The van der Waals surface area contributed by atoms with Crippen LogP contribution in [0.1, 0.15) is 34.4 Å². The molecule has 0 saturated carbocycles. The predicted octanol–water partition coefficient (Wildman–Crippen LogP) is 8.08. The molecule has 1 aliphatic rings. The number of ether oxygens (including phenoxy) is 1. The Kier molecular flexibility index (Phi) is 8.83. The molecule has 2 heterocycles. The summed E-state index contributed by atoms with van der Waals surface area (Å²) in [6, 6.07) is 11.9. The molecule has 262 valence electrons. The van der Waals surface area contributed by atoms with Gasteiger partial charge in [0.1, 0.15) is 22.2 Å². The molecule has 5 aromatic rings. The van der Waals surface area contributed by atoms with Gasteiger partial charge in [0.25, 0.3) is 5.60 Å². The number of halogens is 9. The highest BCUT2D eigenvalue weighted by Gasteiger charge is 2.73. The Hall–Kier alpha value is -4.70. The second-order valence-corrected chi connectivity index (χ2v) is 13.9. The number of rotatable bonds is 8. The van der Waals surface area contributed by atoms with Crippen molar-refractivity contribution in [2.75, 3.05) is 0 Å². The van der Waals surface area contributed by atoms with Crippen LogP contribution in [0.25, 0.3) is 5.69 Å². The van der Waals surface area contributed by atoms with Crippen LogP contribution in [0.15, 0.2) is 102 Å². The quantitative estimate of drug-likeness (QED) is 0.120. The molecule has 50 heavy (non-hydrogen) atoms. The Morgan fingerprint density at radius 1 is 0.800 bits per heavy atom. The number of hydrogen-bond acceptors (Lipinski definition) is 5. The fourth-order valence-electron chi connectivity index (χ4n) is 6.31. The number of hydrogen-bond donors (Lipinski definition) is 0. The zero-order chi connectivity index (χ0) is 36.1. The Morgan fingerprint density at radius 2 is 1.40 bits per heavy atom. The van der Waals surface area contributed by atoms with Crippen molar-refractivity contribution in [3.63, 3.8) is 0 Å². The summed E-state index contributed by atoms with van der Waals surface area (Å²) in [6.45, 7) is -1.74. The van der Waals surface area contributed by atoms with Crippen LogP contribution in [-0.4, -0.2) is 35.5 Å². The molecule has 0 spiro atoms. The average Bonchev–Trinajstić information content (AvgIpc) is 3.49. The second-order valence-electron chi connectivity index (χ2n) is 11.6. The van der Waals surface area contributed by atoms with E-state index in [4.69, 9.17) is 0 Å². The van der Waals surface area contributed by atoms with Crippen molar-refractivity contribution in [1.82, 2.24) is 14.8 Å². The first-order chi connectivity index (χ1) is 23.5. The Labute approximate surface area is 279 Å². The van der Waals surface area contributed by atoms with E-state index in [-0.39, 0.29) is 29.7 Å². The molecule has 1 atom stereocenters. The Bertz CT molecular complexity index is 2080. The standard InChI is InChI=1S/C34H24F9N3O3S/c35-24-8-10-26(11-9-24)50(47,48)31(15-12-30-21(18-31)19-45-46(30)25-13-16-44-17-14-25)22-4-6-23(7-5-22)32(33(38,39)40,34(41,42)43)49-20-27-28(36)2-1-3-29(27)37/h1-11,13-14,16-17,19H,12,15,18,20H2. The maximum atomic E-state index is 14.6. The van der Waals surface area contributed by atoms with Crippen molar-refractivity contribution in [3.8, 4) is 5.69 Å². The van der Waals surface area contributed by atoms with Crippen molar-refractivity contribution in [2.24, 2.45) is 0 Å². The first-order valence-electron chi connectivity index (χ1n) is 14.8. The van der Waals surface area contributed by atoms with Gasteiger partial charge in [0, 0.05) is 29.2 Å². The van der Waals surface area contributed by atoms with Crippen LogP contribution in [0.5, 0.6) is 0 Å². The molecule has 0 amide bonds. The van der Waals surface area contributed by atoms with Gasteiger partial charge in [0.05, 0.1) is 23.4 Å². The van der Waals surface area contributed by atoms with Gasteiger partial charge in [0.2, 0.25) is 0 Å². The van der Waals surface area contributed by atoms with Crippen molar-refractivity contribution in [2.45, 2.75) is 53.5 Å². The third-order valence-corrected chi connectivity index (χ3v) is 11.4. The van der Waals surface area contributed by atoms with Crippen LogP contribution >= 0.6 is 0 Å². The van der Waals surface area contributed by atoms with E-state index in [2.05, 4.69) is 14.8 Å². The van der Waals surface area contributed by atoms with E-state index in [0.717, 1.165) is 42.5 Å². The second kappa shape index (κ2) is 12.6. The Morgan fingerprint density at radius 3 is 1.98 bits per heavy atom. The Balaban J connectivity index is 1.48. The molecule has 6 nitrogen and oxygen atoms in total. The van der Waals surface area contributed by atoms with Gasteiger partial charge in [-0.15, -0.1) is 0 Å². The minimum atomic E-state index is -6.20. The number of fused-ring (bicyclic) bond motifs is 1. The molecule has 2 aromatic heterocycles. The first-order valence-corrected chi connectivity index (χ1v) is 16.3. The number of alkyl halides is 6. The molecule has 6 rings (SSSR count). The third-order valence-electron chi connectivity index (χ3n) is 8.85. The lowest BCUT2D eigenvalue weighted by atomic mass is 9.80. The fourth-order valence-corrected chi connectivity index (χ4v) is 8.42. The molecule has 0 bridgehead atoms. The fraction of sp³-hybridized carbons (Fsp3) is 0.235. The first kappa shape index (κ1) is 35.1. The van der Waals surface area contributed by atoms with Gasteiger partial charge in [-0.2, -0.15) is 31.4 Å². The average molecular weight is 726 g/mol. The van der Waals surface area contributed by atoms with Crippen molar-refractivity contribution < 1.29 is 52.7 Å². The lowest BCUT2D eigenvalue weighted by Crippen LogP contribution is -2.56. The summed E-state index contributed by atoms with van der Waals surface area (Å²) in [5.74, 6) is -3.58. The molecule has 3 aromatic carbocycles. The molecule has 16 heteroatoms. The van der Waals surface area contributed by atoms with E-state index in [1.165, 1.54) is 18.6 Å². The largest absolute Gasteiger partial charge is 0.430 e. The van der Waals surface area contributed by atoms with Gasteiger partial charge < -0.3 is 4.74 Å². The summed E-state index contributed by atoms with van der Waals surface area (Å²) >= 11 is 0. The molecule has 1 aliphatic carbocycles. The SMILES string of the molecule is O=S(=O)(c1ccc(F)cc1)C1(c2ccc(C(OCc3c(F)cccc3F)(C(F)(F)F)C(F)(F)F)cc2)CCc2c(cnn2-c2ccncc2)C1. The third kappa shape index (κ3) is 5.73. The highest BCUT2D eigenvalue weighted by Crippen LogP contribution is 2.54. The summed E-state index contributed by atoms with van der Waals surface area (Å²) in [6.07, 6.45) is -8.35. The van der Waals surface area contributed by atoms with Crippen LogP contribution < -0.4 is 0 Å². The van der Waals surface area contributed by atoms with Gasteiger partial charge in [-0.05, 0) is 78.9 Å². The zero-order valence-electron chi connectivity index (χ0n) is 25.4. The number of benzene rings is 3. The van der Waals surface area contributed by atoms with Crippen LogP contribution in [0, 0.1) is 17.5 Å². The normalized spacial score (nSPS) is 17.1. The topological polar surface area (TPSA) is 74.1 Å². The van der Waals surface area contributed by atoms with Crippen LogP contribution in [0.4, 0.5) is 39.5 Å². The number of sulfone groups is 1. The van der Waals surface area contributed by atoms with E-state index in [1.807, 2.05) is 0 Å². The maximum Gasteiger partial charge on any atom is 0.430 e. The summed E-state index contributed by atoms with van der Waals surface area (Å²) in [5.41, 5.74) is -6.21. The number of aromatic nitrogens is 3. The van der Waals surface area contributed by atoms with E-state index in [0.29, 0.717) is 41.2 Å². The zero-order valence-corrected chi connectivity index (χ0v) is 26.3. The molecule has 0 saturated heterocycles. The predicted molar refractivity (Wildman–Crippen MR) is 160 cm³/mol. The van der Waals surface area contributed by atoms with Crippen LogP contribution in [0.3, 0.4) is 0 Å². The minimum Gasteiger partial charge on any atom is -0.349 e. The monoisotopic (exact) mass is 725 g/mol. The number of nitrogens with zero attached hydrogens (tertiary/aromatic N) is 3. The summed E-state index contributed by atoms with van der Waals surface area (Å²) in [7, 11) is -4.53. The molecular formula is C34H24F9N3O3S. The smallest absolute Gasteiger partial charge is 0.349 e. The van der Waals surface area contributed by atoms with Gasteiger partial charge >= 0.3 is 12.4 Å². The number of pyridine rings is 1. The summed E-state index contributed by atoms with van der Waals surface area (Å²) < 4.78 is 163. The van der Waals surface area contributed by atoms with E-state index in [1.54, 1.807) is 16.8 Å². The van der Waals surface area contributed by atoms with Crippen molar-refractivity contribution in [1.29, 1.82) is 0 Å². The molecule has 0 radical (unpaired) electrons. The van der Waals surface area contributed by atoms with Crippen LogP contribution in [-0.2, 0) is 44.4 Å². The molecular weight excluding hydrogens is 701 g/mol. The maximum absolute atomic E-state index is 14.6. The van der Waals surface area contributed by atoms with Crippen molar-refractivity contribution in [3.05, 3.63) is 143 Å². The lowest BCUT2D eigenvalue weighted by Gasteiger charge is -2.39. The van der Waals surface area contributed by atoms with Crippen molar-refractivity contribution >= 4 is 9.84 Å². The minimum absolute atomic E-state index is 0.0617. The van der Waals surface area contributed by atoms with Gasteiger partial charge in [-0.3, -0.25) is 4.98 Å². The highest BCUT2D eigenvalue weighted by atomic mass is 32.2. The summed E-state index contributed by atoms with van der Waals surface area (Å²) in [4.78, 5) is 3.63. The molecule has 0 N–H and O–H groups in total. The molecule has 1 unspecified atom stereocenters. The highest BCUT2D eigenvalue weighted by molar-refractivity contribution is 7.92. The summed E-state index contributed by atoms with van der Waals surface area (Å²) in [5, 5.41) is 4.38. The van der Waals surface area contributed by atoms with E-state index in [9.17, 15) is 47.9 Å². The van der Waals surface area contributed by atoms with E-state index < -0.39 is 67.7 Å². The van der Waals surface area contributed by atoms with E-state index >= 15 is 0 Å². The molecule has 0 aliphatic heterocycles.